The molecular weight excluding hydrogens is 232 g/mol. The van der Waals surface area contributed by atoms with Crippen molar-refractivity contribution in [3.8, 4) is 0 Å². The summed E-state index contributed by atoms with van der Waals surface area (Å²) in [5.41, 5.74) is 0. The first kappa shape index (κ1) is 14.8. The van der Waals surface area contributed by atoms with Gasteiger partial charge in [0.1, 0.15) is 0 Å². The predicted octanol–water partition coefficient (Wildman–Crippen LogP) is 5.39. The van der Waals surface area contributed by atoms with E-state index in [-0.39, 0.29) is 0 Å². The molecule has 0 spiro atoms. The van der Waals surface area contributed by atoms with Crippen LogP contribution < -0.4 is 0 Å². The van der Waals surface area contributed by atoms with Gasteiger partial charge in [0, 0.05) is 0 Å². The Balaban J connectivity index is 1.79. The normalized spacial score (nSPS) is 24.4. The van der Waals surface area contributed by atoms with Crippen LogP contribution in [0.2, 0.25) is 0 Å². The molecule has 0 bridgehead atoms. The summed E-state index contributed by atoms with van der Waals surface area (Å²) in [6.07, 6.45) is 18.8. The highest BCUT2D eigenvalue weighted by molar-refractivity contribution is 5.42. The summed E-state index contributed by atoms with van der Waals surface area (Å²) in [7, 11) is 0. The molecule has 0 N–H and O–H groups in total. The van der Waals surface area contributed by atoms with Crippen molar-refractivity contribution < 1.29 is 0 Å². The lowest BCUT2D eigenvalue weighted by Crippen LogP contribution is -2.08. The lowest BCUT2D eigenvalue weighted by atomic mass is 9.97. The molecule has 2 nitrogen and oxygen atoms in total. The van der Waals surface area contributed by atoms with Crippen LogP contribution in [0.15, 0.2) is 9.98 Å². The standard InChI is InChI=1S/C17H30N2/c1-3-7-11-16(12-8-4-1)18-15-19-17-13-9-5-2-6-10-14-17/h16-17H,1-14H2. The molecule has 0 heterocycles. The van der Waals surface area contributed by atoms with Gasteiger partial charge in [-0.25, -0.2) is 9.98 Å². The smallest absolute Gasteiger partial charge is 0.0898 e. The van der Waals surface area contributed by atoms with E-state index in [4.69, 9.17) is 0 Å². The second-order valence-electron chi connectivity index (χ2n) is 6.36. The van der Waals surface area contributed by atoms with Crippen LogP contribution in [0.3, 0.4) is 0 Å². The lowest BCUT2D eigenvalue weighted by Gasteiger charge is -2.15. The highest BCUT2D eigenvalue weighted by Crippen LogP contribution is 2.20. The fourth-order valence-electron chi connectivity index (χ4n) is 3.32. The van der Waals surface area contributed by atoms with E-state index in [2.05, 4.69) is 16.0 Å². The van der Waals surface area contributed by atoms with Gasteiger partial charge in [-0.3, -0.25) is 0 Å². The highest BCUT2D eigenvalue weighted by Gasteiger charge is 2.10. The molecule has 0 aromatic carbocycles. The zero-order chi connectivity index (χ0) is 13.2. The Morgan fingerprint density at radius 3 is 1.16 bits per heavy atom. The van der Waals surface area contributed by atoms with Gasteiger partial charge < -0.3 is 0 Å². The van der Waals surface area contributed by atoms with Crippen molar-refractivity contribution in [2.45, 2.75) is 102 Å². The first-order chi connectivity index (χ1) is 9.45. The Bertz CT molecular complexity index is 250. The molecule has 0 amide bonds. The minimum atomic E-state index is 0.512. The van der Waals surface area contributed by atoms with Gasteiger partial charge in [0.2, 0.25) is 0 Å². The molecule has 0 radical (unpaired) electrons. The highest BCUT2D eigenvalue weighted by atomic mass is 14.9. The molecule has 108 valence electrons. The topological polar surface area (TPSA) is 24.7 Å². The van der Waals surface area contributed by atoms with Crippen molar-refractivity contribution >= 4 is 6.01 Å². The van der Waals surface area contributed by atoms with E-state index >= 15 is 0 Å². The van der Waals surface area contributed by atoms with E-state index in [1.54, 1.807) is 0 Å². The molecule has 0 aliphatic heterocycles. The van der Waals surface area contributed by atoms with Gasteiger partial charge in [-0.1, -0.05) is 64.2 Å². The molecule has 2 heteroatoms. The Morgan fingerprint density at radius 2 is 0.789 bits per heavy atom. The zero-order valence-electron chi connectivity index (χ0n) is 12.4. The summed E-state index contributed by atoms with van der Waals surface area (Å²) in [6.45, 7) is 0. The minimum Gasteiger partial charge on any atom is -0.222 e. The van der Waals surface area contributed by atoms with Crippen molar-refractivity contribution in [3.63, 3.8) is 0 Å². The third-order valence-electron chi connectivity index (χ3n) is 4.63. The Hall–Kier alpha value is -0.620. The van der Waals surface area contributed by atoms with Gasteiger partial charge in [0.15, 0.2) is 0 Å². The van der Waals surface area contributed by atoms with Crippen molar-refractivity contribution in [2.75, 3.05) is 0 Å². The van der Waals surface area contributed by atoms with Crippen molar-refractivity contribution in [2.24, 2.45) is 9.98 Å². The van der Waals surface area contributed by atoms with Crippen molar-refractivity contribution in [1.82, 2.24) is 0 Å². The van der Waals surface area contributed by atoms with Crippen LogP contribution in [-0.2, 0) is 0 Å². The number of hydrogen-bond donors (Lipinski definition) is 0. The number of aliphatic imine (C=N–C) groups is 2. The summed E-state index contributed by atoms with van der Waals surface area (Å²) in [6, 6.07) is 4.09. The molecule has 2 fully saturated rings. The zero-order valence-corrected chi connectivity index (χ0v) is 12.4. The molecule has 2 aliphatic rings. The van der Waals surface area contributed by atoms with E-state index in [1.165, 1.54) is 89.9 Å². The van der Waals surface area contributed by atoms with E-state index in [9.17, 15) is 0 Å². The summed E-state index contributed by atoms with van der Waals surface area (Å²) < 4.78 is 0. The van der Waals surface area contributed by atoms with Crippen molar-refractivity contribution in [3.05, 3.63) is 0 Å². The van der Waals surface area contributed by atoms with Crippen LogP contribution in [0, 0.1) is 0 Å². The van der Waals surface area contributed by atoms with Crippen LogP contribution in [0.1, 0.15) is 89.9 Å². The third-order valence-corrected chi connectivity index (χ3v) is 4.63. The minimum absolute atomic E-state index is 0.512. The van der Waals surface area contributed by atoms with Gasteiger partial charge in [-0.05, 0) is 25.7 Å². The second-order valence-corrected chi connectivity index (χ2v) is 6.36. The Kier molecular flexibility index (Phi) is 7.24. The van der Waals surface area contributed by atoms with Gasteiger partial charge in [-0.15, -0.1) is 0 Å². The fraction of sp³-hybridized carbons (Fsp3) is 0.941. The average Bonchev–Trinajstić information content (AvgIpc) is 2.33. The van der Waals surface area contributed by atoms with Crippen LogP contribution >= 0.6 is 0 Å². The van der Waals surface area contributed by atoms with Gasteiger partial charge >= 0.3 is 0 Å². The molecule has 2 saturated carbocycles. The van der Waals surface area contributed by atoms with E-state index < -0.39 is 0 Å². The summed E-state index contributed by atoms with van der Waals surface area (Å²) in [5.74, 6) is 0. The quantitative estimate of drug-likeness (QED) is 0.596. The summed E-state index contributed by atoms with van der Waals surface area (Å²) in [4.78, 5) is 9.23. The molecule has 0 aromatic rings. The van der Waals surface area contributed by atoms with Gasteiger partial charge in [-0.2, -0.15) is 0 Å². The summed E-state index contributed by atoms with van der Waals surface area (Å²) >= 11 is 0. The van der Waals surface area contributed by atoms with E-state index in [0.717, 1.165) is 0 Å². The predicted molar refractivity (Wildman–Crippen MR) is 82.1 cm³/mol. The van der Waals surface area contributed by atoms with Gasteiger partial charge in [0.25, 0.3) is 0 Å². The Labute approximate surface area is 118 Å². The molecule has 2 aliphatic carbocycles. The monoisotopic (exact) mass is 262 g/mol. The molecule has 0 saturated heterocycles. The molecule has 0 aromatic heterocycles. The van der Waals surface area contributed by atoms with Crippen LogP contribution in [-0.4, -0.2) is 18.1 Å². The van der Waals surface area contributed by atoms with E-state index in [0.29, 0.717) is 12.1 Å². The molecule has 19 heavy (non-hydrogen) atoms. The van der Waals surface area contributed by atoms with Crippen LogP contribution in [0.25, 0.3) is 0 Å². The third kappa shape index (κ3) is 6.38. The average molecular weight is 262 g/mol. The number of hydrogen-bond acceptors (Lipinski definition) is 2. The van der Waals surface area contributed by atoms with Crippen LogP contribution in [0.4, 0.5) is 0 Å². The van der Waals surface area contributed by atoms with Gasteiger partial charge in [0.05, 0.1) is 18.1 Å². The first-order valence-corrected chi connectivity index (χ1v) is 8.60. The maximum absolute atomic E-state index is 4.62. The molecule has 2 rings (SSSR count). The number of nitrogens with zero attached hydrogens (tertiary/aromatic N) is 2. The number of rotatable bonds is 2. The Morgan fingerprint density at radius 1 is 0.474 bits per heavy atom. The molecular formula is C17H30N2. The largest absolute Gasteiger partial charge is 0.222 e. The molecule has 0 atom stereocenters. The summed E-state index contributed by atoms with van der Waals surface area (Å²) in [5, 5.41) is 0. The molecule has 0 unspecified atom stereocenters. The fourth-order valence-corrected chi connectivity index (χ4v) is 3.32. The second kappa shape index (κ2) is 9.31. The van der Waals surface area contributed by atoms with E-state index in [1.807, 2.05) is 0 Å². The maximum Gasteiger partial charge on any atom is 0.0898 e. The lowest BCUT2D eigenvalue weighted by molar-refractivity contribution is 0.450. The maximum atomic E-state index is 4.62. The SMILES string of the molecule is C(=NC1CCCCCCC1)=NC1CCCCCCC1. The van der Waals surface area contributed by atoms with Crippen molar-refractivity contribution in [1.29, 1.82) is 0 Å². The first-order valence-electron chi connectivity index (χ1n) is 8.60. The van der Waals surface area contributed by atoms with Crippen LogP contribution in [0.5, 0.6) is 0 Å².